The Morgan fingerprint density at radius 1 is 1.42 bits per heavy atom. The van der Waals surface area contributed by atoms with Crippen molar-refractivity contribution in [2.45, 2.75) is 45.6 Å². The van der Waals surface area contributed by atoms with Crippen molar-refractivity contribution in [2.24, 2.45) is 7.05 Å². The van der Waals surface area contributed by atoms with Gasteiger partial charge in [-0.25, -0.2) is 0 Å². The predicted molar refractivity (Wildman–Crippen MR) is 71.0 cm³/mol. The quantitative estimate of drug-likeness (QED) is 0.818. The molecule has 6 nitrogen and oxygen atoms in total. The van der Waals surface area contributed by atoms with E-state index in [0.29, 0.717) is 18.4 Å². The van der Waals surface area contributed by atoms with Crippen LogP contribution in [0.5, 0.6) is 0 Å². The third-order valence-electron chi connectivity index (χ3n) is 3.70. The Labute approximate surface area is 112 Å². The van der Waals surface area contributed by atoms with Crippen molar-refractivity contribution in [2.75, 3.05) is 0 Å². The zero-order chi connectivity index (χ0) is 14.6. The van der Waals surface area contributed by atoms with Gasteiger partial charge in [-0.2, -0.15) is 5.10 Å². The van der Waals surface area contributed by atoms with Crippen LogP contribution >= 0.6 is 0 Å². The third kappa shape index (κ3) is 3.33. The first kappa shape index (κ1) is 15.2. The van der Waals surface area contributed by atoms with Crippen molar-refractivity contribution in [3.05, 3.63) is 17.5 Å². The molecule has 1 aromatic rings. The summed E-state index contributed by atoms with van der Waals surface area (Å²) >= 11 is 0. The Balaban J connectivity index is 2.94. The van der Waals surface area contributed by atoms with Gasteiger partial charge in [-0.1, -0.05) is 13.8 Å². The minimum Gasteiger partial charge on any atom is -0.481 e. The van der Waals surface area contributed by atoms with Crippen LogP contribution in [0, 0.1) is 6.92 Å². The first-order valence-electron chi connectivity index (χ1n) is 6.38. The molecule has 0 fully saturated rings. The maximum Gasteiger partial charge on any atom is 0.305 e. The van der Waals surface area contributed by atoms with Gasteiger partial charge in [0, 0.05) is 12.7 Å². The highest BCUT2D eigenvalue weighted by Crippen LogP contribution is 2.21. The Bertz CT molecular complexity index is 475. The zero-order valence-corrected chi connectivity index (χ0v) is 11.9. The minimum absolute atomic E-state index is 0.0783. The summed E-state index contributed by atoms with van der Waals surface area (Å²) in [6.07, 6.45) is 2.56. The first-order chi connectivity index (χ1) is 8.85. The average molecular weight is 267 g/mol. The van der Waals surface area contributed by atoms with Crippen LogP contribution in [0.3, 0.4) is 0 Å². The molecule has 0 aliphatic heterocycles. The fraction of sp³-hybridized carbons (Fsp3) is 0.615. The van der Waals surface area contributed by atoms with Crippen LogP contribution in [-0.4, -0.2) is 32.3 Å². The van der Waals surface area contributed by atoms with Gasteiger partial charge in [0.05, 0.1) is 23.7 Å². The lowest BCUT2D eigenvalue weighted by Crippen LogP contribution is -2.49. The molecule has 0 bridgehead atoms. The van der Waals surface area contributed by atoms with E-state index in [-0.39, 0.29) is 12.3 Å². The van der Waals surface area contributed by atoms with Gasteiger partial charge < -0.3 is 10.4 Å². The fourth-order valence-electron chi connectivity index (χ4n) is 2.04. The lowest BCUT2D eigenvalue weighted by Gasteiger charge is -2.31. The van der Waals surface area contributed by atoms with Crippen molar-refractivity contribution >= 4 is 11.9 Å². The normalized spacial score (nSPS) is 11.4. The van der Waals surface area contributed by atoms with Crippen LogP contribution in [0.25, 0.3) is 0 Å². The van der Waals surface area contributed by atoms with Crippen LogP contribution in [0.4, 0.5) is 0 Å². The van der Waals surface area contributed by atoms with E-state index in [1.807, 2.05) is 13.8 Å². The molecule has 1 amide bonds. The van der Waals surface area contributed by atoms with Gasteiger partial charge in [0.1, 0.15) is 0 Å². The largest absolute Gasteiger partial charge is 0.481 e. The number of carbonyl (C=O) groups excluding carboxylic acids is 1. The topological polar surface area (TPSA) is 84.2 Å². The van der Waals surface area contributed by atoms with E-state index in [1.54, 1.807) is 18.7 Å². The molecule has 0 unspecified atom stereocenters. The van der Waals surface area contributed by atoms with Gasteiger partial charge in [-0.15, -0.1) is 0 Å². The summed E-state index contributed by atoms with van der Waals surface area (Å²) in [7, 11) is 1.76. The number of hydrogen-bond acceptors (Lipinski definition) is 3. The SMILES string of the molecule is CCC(CC)(CC(=O)O)NC(=O)c1cnn(C)c1C. The average Bonchev–Trinajstić information content (AvgIpc) is 2.68. The zero-order valence-electron chi connectivity index (χ0n) is 11.9. The molecule has 0 saturated heterocycles. The summed E-state index contributed by atoms with van der Waals surface area (Å²) in [6, 6.07) is 0. The van der Waals surface area contributed by atoms with E-state index < -0.39 is 11.5 Å². The number of nitrogens with one attached hydrogen (secondary N) is 1. The third-order valence-corrected chi connectivity index (χ3v) is 3.70. The molecule has 0 spiro atoms. The maximum absolute atomic E-state index is 12.2. The molecule has 1 rings (SSSR count). The van der Waals surface area contributed by atoms with Gasteiger partial charge in [0.15, 0.2) is 0 Å². The number of amides is 1. The molecule has 0 aliphatic carbocycles. The summed E-state index contributed by atoms with van der Waals surface area (Å²) in [5.41, 5.74) is 0.540. The monoisotopic (exact) mass is 267 g/mol. The van der Waals surface area contributed by atoms with Gasteiger partial charge in [0.2, 0.25) is 0 Å². The second-order valence-electron chi connectivity index (χ2n) is 4.78. The number of rotatable bonds is 6. The molecule has 0 radical (unpaired) electrons. The lowest BCUT2D eigenvalue weighted by molar-refractivity contribution is -0.138. The molecule has 19 heavy (non-hydrogen) atoms. The van der Waals surface area contributed by atoms with Gasteiger partial charge in [-0.05, 0) is 19.8 Å². The number of aryl methyl sites for hydroxylation is 1. The number of carboxylic acid groups (broad SMARTS) is 1. The van der Waals surface area contributed by atoms with Gasteiger partial charge >= 0.3 is 5.97 Å². The molecule has 2 N–H and O–H groups in total. The van der Waals surface area contributed by atoms with Crippen LogP contribution in [-0.2, 0) is 11.8 Å². The number of nitrogens with zero attached hydrogens (tertiary/aromatic N) is 2. The number of carboxylic acids is 1. The predicted octanol–water partition coefficient (Wildman–Crippen LogP) is 1.49. The molecule has 0 saturated carbocycles. The summed E-state index contributed by atoms with van der Waals surface area (Å²) in [5, 5.41) is 15.9. The second kappa shape index (κ2) is 5.86. The Hall–Kier alpha value is -1.85. The molecule has 1 heterocycles. The van der Waals surface area contributed by atoms with Crippen LogP contribution < -0.4 is 5.32 Å². The Morgan fingerprint density at radius 2 is 2.00 bits per heavy atom. The molecule has 6 heteroatoms. The summed E-state index contributed by atoms with van der Waals surface area (Å²) < 4.78 is 1.62. The van der Waals surface area contributed by atoms with Crippen LogP contribution in [0.1, 0.15) is 49.2 Å². The maximum atomic E-state index is 12.2. The molecule has 1 aromatic heterocycles. The highest BCUT2D eigenvalue weighted by atomic mass is 16.4. The van der Waals surface area contributed by atoms with Crippen molar-refractivity contribution < 1.29 is 14.7 Å². The van der Waals surface area contributed by atoms with Crippen molar-refractivity contribution in [3.63, 3.8) is 0 Å². The fourth-order valence-corrected chi connectivity index (χ4v) is 2.04. The highest BCUT2D eigenvalue weighted by molar-refractivity contribution is 5.95. The summed E-state index contributed by atoms with van der Waals surface area (Å²) in [4.78, 5) is 23.2. The lowest BCUT2D eigenvalue weighted by atomic mass is 9.88. The standard InChI is InChI=1S/C13H21N3O3/c1-5-13(6-2,7-11(17)18)15-12(19)10-8-14-16(4)9(10)3/h8H,5-7H2,1-4H3,(H,15,19)(H,17,18). The highest BCUT2D eigenvalue weighted by Gasteiger charge is 2.32. The number of aliphatic carboxylic acids is 1. The molecule has 0 atom stereocenters. The smallest absolute Gasteiger partial charge is 0.305 e. The molecule has 0 aromatic carbocycles. The Morgan fingerprint density at radius 3 is 2.37 bits per heavy atom. The molecule has 106 valence electrons. The van der Waals surface area contributed by atoms with Crippen molar-refractivity contribution in [1.29, 1.82) is 0 Å². The van der Waals surface area contributed by atoms with E-state index in [0.717, 1.165) is 5.69 Å². The van der Waals surface area contributed by atoms with Gasteiger partial charge in [-0.3, -0.25) is 14.3 Å². The van der Waals surface area contributed by atoms with Gasteiger partial charge in [0.25, 0.3) is 5.91 Å². The van der Waals surface area contributed by atoms with E-state index in [2.05, 4.69) is 10.4 Å². The van der Waals surface area contributed by atoms with E-state index in [1.165, 1.54) is 6.20 Å². The van der Waals surface area contributed by atoms with E-state index >= 15 is 0 Å². The van der Waals surface area contributed by atoms with E-state index in [4.69, 9.17) is 5.11 Å². The molecule has 0 aliphatic rings. The van der Waals surface area contributed by atoms with Crippen molar-refractivity contribution in [1.82, 2.24) is 15.1 Å². The minimum atomic E-state index is -0.910. The number of carbonyl (C=O) groups is 2. The van der Waals surface area contributed by atoms with Crippen molar-refractivity contribution in [3.8, 4) is 0 Å². The number of aromatic nitrogens is 2. The molecular weight excluding hydrogens is 246 g/mol. The molecular formula is C13H21N3O3. The number of hydrogen-bond donors (Lipinski definition) is 2. The first-order valence-corrected chi connectivity index (χ1v) is 6.38. The summed E-state index contributed by atoms with van der Waals surface area (Å²) in [6.45, 7) is 5.56. The van der Waals surface area contributed by atoms with Crippen LogP contribution in [0.15, 0.2) is 6.20 Å². The summed E-state index contributed by atoms with van der Waals surface area (Å²) in [5.74, 6) is -1.18. The second-order valence-corrected chi connectivity index (χ2v) is 4.78. The Kier molecular flexibility index (Phi) is 4.69. The van der Waals surface area contributed by atoms with E-state index in [9.17, 15) is 9.59 Å². The van der Waals surface area contributed by atoms with Crippen LogP contribution in [0.2, 0.25) is 0 Å².